The molecule has 1 heterocycles. The van der Waals surface area contributed by atoms with Gasteiger partial charge in [0, 0.05) is 18.0 Å². The van der Waals surface area contributed by atoms with E-state index in [2.05, 4.69) is 35.5 Å². The molecule has 0 saturated carbocycles. The molecule has 1 N–H and O–H groups in total. The standard InChI is InChI=1S/C20H18BNO3/c21-20-10-18(19(12-23)24-20)25-22-11-17-15-7-3-1-5-13(15)9-14-6-2-4-8-16(14)17/h1-9,11,18-20,23H,10,12H2/b22-11+/t18?,19-,20-/m1/s1. The molecule has 1 saturated heterocycles. The lowest BCUT2D eigenvalue weighted by molar-refractivity contribution is -0.0354. The van der Waals surface area contributed by atoms with E-state index in [1.807, 2.05) is 24.3 Å². The lowest BCUT2D eigenvalue weighted by Crippen LogP contribution is -2.26. The molecule has 0 aliphatic carbocycles. The molecule has 3 atom stereocenters. The van der Waals surface area contributed by atoms with Gasteiger partial charge in [-0.05, 0) is 27.6 Å². The largest absolute Gasteiger partial charge is 0.394 e. The van der Waals surface area contributed by atoms with Crippen molar-refractivity contribution in [1.29, 1.82) is 0 Å². The summed E-state index contributed by atoms with van der Waals surface area (Å²) in [6.07, 6.45) is 1.48. The highest BCUT2D eigenvalue weighted by Crippen LogP contribution is 2.27. The number of aliphatic hydroxyl groups excluding tert-OH is 1. The topological polar surface area (TPSA) is 51.0 Å². The number of oxime groups is 1. The zero-order valence-electron chi connectivity index (χ0n) is 13.7. The number of hydrogen-bond acceptors (Lipinski definition) is 4. The summed E-state index contributed by atoms with van der Waals surface area (Å²) in [7, 11) is 5.76. The molecule has 25 heavy (non-hydrogen) atoms. The molecule has 1 aliphatic rings. The van der Waals surface area contributed by atoms with Crippen LogP contribution in [0, 0.1) is 0 Å². The molecular weight excluding hydrogens is 313 g/mol. The summed E-state index contributed by atoms with van der Waals surface area (Å²) in [6.45, 7) is -0.134. The van der Waals surface area contributed by atoms with Crippen LogP contribution in [-0.2, 0) is 9.57 Å². The van der Waals surface area contributed by atoms with Crippen molar-refractivity contribution in [3.63, 3.8) is 0 Å². The summed E-state index contributed by atoms with van der Waals surface area (Å²) < 4.78 is 5.40. The van der Waals surface area contributed by atoms with E-state index in [-0.39, 0.29) is 12.7 Å². The Morgan fingerprint density at radius 1 is 1.12 bits per heavy atom. The van der Waals surface area contributed by atoms with Crippen molar-refractivity contribution < 1.29 is 14.7 Å². The van der Waals surface area contributed by atoms with Crippen LogP contribution >= 0.6 is 0 Å². The Kier molecular flexibility index (Phi) is 4.43. The second-order valence-corrected chi connectivity index (χ2v) is 6.24. The van der Waals surface area contributed by atoms with Gasteiger partial charge in [0.05, 0.1) is 12.8 Å². The molecule has 1 unspecified atom stereocenters. The molecule has 4 rings (SSSR count). The minimum atomic E-state index is -0.434. The first-order chi connectivity index (χ1) is 12.3. The lowest BCUT2D eigenvalue weighted by atomic mass is 9.96. The molecular formula is C20H18BNO3. The molecule has 0 aromatic heterocycles. The van der Waals surface area contributed by atoms with Crippen molar-refractivity contribution in [2.24, 2.45) is 5.16 Å². The third kappa shape index (κ3) is 3.13. The Morgan fingerprint density at radius 3 is 2.40 bits per heavy atom. The van der Waals surface area contributed by atoms with E-state index in [1.54, 1.807) is 6.21 Å². The van der Waals surface area contributed by atoms with Crippen LogP contribution in [0.2, 0.25) is 0 Å². The summed E-state index contributed by atoms with van der Waals surface area (Å²) in [4.78, 5) is 5.58. The van der Waals surface area contributed by atoms with E-state index in [0.717, 1.165) is 27.1 Å². The summed E-state index contributed by atoms with van der Waals surface area (Å²) in [5.41, 5.74) is 1.01. The van der Waals surface area contributed by atoms with Gasteiger partial charge in [-0.15, -0.1) is 0 Å². The van der Waals surface area contributed by atoms with E-state index in [0.29, 0.717) is 6.42 Å². The van der Waals surface area contributed by atoms with Gasteiger partial charge in [0.15, 0.2) is 6.10 Å². The van der Waals surface area contributed by atoms with Gasteiger partial charge in [-0.2, -0.15) is 0 Å². The van der Waals surface area contributed by atoms with Crippen molar-refractivity contribution in [2.75, 3.05) is 6.61 Å². The van der Waals surface area contributed by atoms with Crippen LogP contribution < -0.4 is 0 Å². The van der Waals surface area contributed by atoms with E-state index in [4.69, 9.17) is 17.4 Å². The van der Waals surface area contributed by atoms with Gasteiger partial charge in [0.25, 0.3) is 0 Å². The van der Waals surface area contributed by atoms with Crippen LogP contribution in [0.5, 0.6) is 0 Å². The van der Waals surface area contributed by atoms with Crippen LogP contribution in [-0.4, -0.2) is 44.0 Å². The lowest BCUT2D eigenvalue weighted by Gasteiger charge is -2.14. The zero-order valence-corrected chi connectivity index (χ0v) is 13.7. The quantitative estimate of drug-likeness (QED) is 0.346. The van der Waals surface area contributed by atoms with Gasteiger partial charge in [-0.3, -0.25) is 0 Å². The van der Waals surface area contributed by atoms with Gasteiger partial charge in [-0.1, -0.05) is 53.7 Å². The Hall–Kier alpha value is -2.37. The van der Waals surface area contributed by atoms with Gasteiger partial charge in [0.2, 0.25) is 0 Å². The van der Waals surface area contributed by atoms with E-state index in [9.17, 15) is 5.11 Å². The molecule has 1 aliphatic heterocycles. The Morgan fingerprint density at radius 2 is 1.76 bits per heavy atom. The second kappa shape index (κ2) is 6.86. The number of rotatable bonds is 4. The SMILES string of the molecule is [B][C@H]1CC(O/N=C/c2c3ccccc3cc3ccccc23)[C@@H](CO)O1. The zero-order chi connectivity index (χ0) is 17.2. The van der Waals surface area contributed by atoms with Gasteiger partial charge >= 0.3 is 0 Å². The smallest absolute Gasteiger partial charge is 0.157 e. The number of hydrogen-bond donors (Lipinski definition) is 1. The van der Waals surface area contributed by atoms with Crippen LogP contribution in [0.1, 0.15) is 12.0 Å². The fourth-order valence-electron chi connectivity index (χ4n) is 3.37. The van der Waals surface area contributed by atoms with Crippen molar-refractivity contribution >= 4 is 35.6 Å². The summed E-state index contributed by atoms with van der Waals surface area (Å²) in [5.74, 6) is 0. The minimum absolute atomic E-state index is 0.134. The third-order valence-corrected chi connectivity index (χ3v) is 4.60. The fourth-order valence-corrected chi connectivity index (χ4v) is 3.37. The maximum Gasteiger partial charge on any atom is 0.157 e. The highest BCUT2D eigenvalue weighted by Gasteiger charge is 2.34. The minimum Gasteiger partial charge on any atom is -0.394 e. The van der Waals surface area contributed by atoms with Crippen molar-refractivity contribution in [2.45, 2.75) is 24.6 Å². The number of nitrogens with zero attached hydrogens (tertiary/aromatic N) is 1. The molecule has 3 aromatic carbocycles. The van der Waals surface area contributed by atoms with E-state index in [1.165, 1.54) is 0 Å². The first kappa shape index (κ1) is 16.1. The van der Waals surface area contributed by atoms with E-state index >= 15 is 0 Å². The average Bonchev–Trinajstić information content (AvgIpc) is 3.01. The van der Waals surface area contributed by atoms with Crippen LogP contribution in [0.3, 0.4) is 0 Å². The molecule has 0 amide bonds. The maximum atomic E-state index is 9.34. The van der Waals surface area contributed by atoms with Crippen LogP contribution in [0.15, 0.2) is 59.8 Å². The Bertz CT molecular complexity index is 873. The first-order valence-corrected chi connectivity index (χ1v) is 8.38. The van der Waals surface area contributed by atoms with Crippen LogP contribution in [0.4, 0.5) is 0 Å². The Balaban J connectivity index is 1.70. The van der Waals surface area contributed by atoms with Gasteiger partial charge in [0.1, 0.15) is 14.0 Å². The Labute approximate surface area is 147 Å². The number of fused-ring (bicyclic) bond motifs is 2. The van der Waals surface area contributed by atoms with Crippen molar-refractivity contribution in [1.82, 2.24) is 0 Å². The molecule has 5 heteroatoms. The molecule has 0 spiro atoms. The molecule has 1 fully saturated rings. The summed E-state index contributed by atoms with van der Waals surface area (Å²) in [5, 5.41) is 18.1. The monoisotopic (exact) mass is 331 g/mol. The maximum absolute atomic E-state index is 9.34. The van der Waals surface area contributed by atoms with E-state index < -0.39 is 12.1 Å². The number of aliphatic hydroxyl groups is 1. The first-order valence-electron chi connectivity index (χ1n) is 8.38. The van der Waals surface area contributed by atoms with Gasteiger partial charge in [-0.25, -0.2) is 0 Å². The van der Waals surface area contributed by atoms with Crippen molar-refractivity contribution in [3.8, 4) is 0 Å². The predicted octanol–water partition coefficient (Wildman–Crippen LogP) is 2.99. The summed E-state index contributed by atoms with van der Waals surface area (Å²) >= 11 is 0. The molecule has 0 bridgehead atoms. The molecule has 2 radical (unpaired) electrons. The van der Waals surface area contributed by atoms with Gasteiger partial charge < -0.3 is 14.7 Å². The molecule has 4 nitrogen and oxygen atoms in total. The van der Waals surface area contributed by atoms with Crippen molar-refractivity contribution in [3.05, 3.63) is 60.2 Å². The molecule has 3 aromatic rings. The highest BCUT2D eigenvalue weighted by molar-refractivity contribution is 6.13. The third-order valence-electron chi connectivity index (χ3n) is 4.60. The normalized spacial score (nSPS) is 23.6. The number of benzene rings is 3. The molecule has 124 valence electrons. The highest BCUT2D eigenvalue weighted by atomic mass is 16.7. The fraction of sp³-hybridized carbons (Fsp3) is 0.250. The number of ether oxygens (including phenoxy) is 1. The second-order valence-electron chi connectivity index (χ2n) is 6.24. The predicted molar refractivity (Wildman–Crippen MR) is 100 cm³/mol. The van der Waals surface area contributed by atoms with Crippen LogP contribution in [0.25, 0.3) is 21.5 Å². The average molecular weight is 331 g/mol. The summed E-state index contributed by atoms with van der Waals surface area (Å²) in [6, 6.07) is 18.2.